The van der Waals surface area contributed by atoms with Crippen molar-refractivity contribution < 1.29 is 0 Å². The molecular formula is C13H15N5. The van der Waals surface area contributed by atoms with Crippen LogP contribution in [0.2, 0.25) is 0 Å². The molecular weight excluding hydrogens is 226 g/mol. The average molecular weight is 241 g/mol. The average Bonchev–Trinajstić information content (AvgIpc) is 2.88. The minimum Gasteiger partial charge on any atom is -0.307 e. The molecule has 2 aromatic rings. The maximum atomic E-state index is 4.65. The standard InChI is InChI=1S/C13H15N5/c1-2-3-10-9-6-15-7-11(9)18-13(17-10)12-8-14-4-5-16-12/h4-5,8,15H,2-3,6-7H2,1H3. The molecule has 0 bridgehead atoms. The number of rotatable bonds is 3. The molecule has 2 aromatic heterocycles. The van der Waals surface area contributed by atoms with E-state index in [2.05, 4.69) is 32.2 Å². The van der Waals surface area contributed by atoms with Gasteiger partial charge in [0.25, 0.3) is 0 Å². The van der Waals surface area contributed by atoms with Crippen molar-refractivity contribution in [3.05, 3.63) is 35.5 Å². The van der Waals surface area contributed by atoms with Gasteiger partial charge in [-0.25, -0.2) is 15.0 Å². The number of fused-ring (bicyclic) bond motifs is 1. The maximum absolute atomic E-state index is 4.65. The molecule has 3 rings (SSSR count). The Bertz CT molecular complexity index is 553. The molecule has 0 aliphatic carbocycles. The Balaban J connectivity index is 2.09. The molecule has 0 spiro atoms. The molecule has 0 radical (unpaired) electrons. The molecule has 0 unspecified atom stereocenters. The van der Waals surface area contributed by atoms with E-state index in [1.165, 1.54) is 5.56 Å². The third-order valence-electron chi connectivity index (χ3n) is 3.05. The molecule has 0 amide bonds. The number of aryl methyl sites for hydroxylation is 1. The number of nitrogens with zero attached hydrogens (tertiary/aromatic N) is 4. The van der Waals surface area contributed by atoms with Gasteiger partial charge in [-0.1, -0.05) is 13.3 Å². The largest absolute Gasteiger partial charge is 0.307 e. The van der Waals surface area contributed by atoms with Gasteiger partial charge in [0.1, 0.15) is 5.69 Å². The highest BCUT2D eigenvalue weighted by Crippen LogP contribution is 2.21. The first-order valence-corrected chi connectivity index (χ1v) is 6.24. The SMILES string of the molecule is CCCc1nc(-c2cnccn2)nc2c1CNC2. The van der Waals surface area contributed by atoms with Crippen molar-refractivity contribution in [1.82, 2.24) is 25.3 Å². The molecule has 1 aliphatic heterocycles. The predicted molar refractivity (Wildman–Crippen MR) is 67.6 cm³/mol. The summed E-state index contributed by atoms with van der Waals surface area (Å²) in [4.78, 5) is 17.6. The Morgan fingerprint density at radius 1 is 1.22 bits per heavy atom. The number of hydrogen-bond donors (Lipinski definition) is 1. The van der Waals surface area contributed by atoms with Crippen molar-refractivity contribution in [2.24, 2.45) is 0 Å². The molecule has 0 fully saturated rings. The van der Waals surface area contributed by atoms with Crippen molar-refractivity contribution in [2.75, 3.05) is 0 Å². The zero-order valence-electron chi connectivity index (χ0n) is 10.3. The lowest BCUT2D eigenvalue weighted by molar-refractivity contribution is 0.753. The first kappa shape index (κ1) is 11.2. The van der Waals surface area contributed by atoms with E-state index in [9.17, 15) is 0 Å². The monoisotopic (exact) mass is 241 g/mol. The van der Waals surface area contributed by atoms with Gasteiger partial charge >= 0.3 is 0 Å². The Morgan fingerprint density at radius 3 is 2.94 bits per heavy atom. The van der Waals surface area contributed by atoms with Gasteiger partial charge in [0, 0.05) is 36.7 Å². The first-order chi connectivity index (χ1) is 8.88. The molecule has 5 heteroatoms. The van der Waals surface area contributed by atoms with E-state index in [1.807, 2.05) is 0 Å². The van der Waals surface area contributed by atoms with E-state index in [0.717, 1.165) is 43.0 Å². The van der Waals surface area contributed by atoms with Crippen LogP contribution >= 0.6 is 0 Å². The van der Waals surface area contributed by atoms with Crippen molar-refractivity contribution in [1.29, 1.82) is 0 Å². The second kappa shape index (κ2) is 4.78. The number of hydrogen-bond acceptors (Lipinski definition) is 5. The summed E-state index contributed by atoms with van der Waals surface area (Å²) in [5, 5.41) is 3.33. The fourth-order valence-corrected chi connectivity index (χ4v) is 2.21. The molecule has 0 aromatic carbocycles. The molecule has 1 aliphatic rings. The lowest BCUT2D eigenvalue weighted by Crippen LogP contribution is -2.04. The van der Waals surface area contributed by atoms with E-state index in [1.54, 1.807) is 18.6 Å². The van der Waals surface area contributed by atoms with Crippen molar-refractivity contribution in [3.8, 4) is 11.5 Å². The number of nitrogens with one attached hydrogen (secondary N) is 1. The van der Waals surface area contributed by atoms with Crippen molar-refractivity contribution in [2.45, 2.75) is 32.9 Å². The highest BCUT2D eigenvalue weighted by molar-refractivity contribution is 5.49. The second-order valence-corrected chi connectivity index (χ2v) is 4.36. The molecule has 1 N–H and O–H groups in total. The summed E-state index contributed by atoms with van der Waals surface area (Å²) in [5.74, 6) is 0.689. The van der Waals surface area contributed by atoms with Gasteiger partial charge in [0.05, 0.1) is 11.9 Å². The van der Waals surface area contributed by atoms with Crippen LogP contribution in [-0.2, 0) is 19.5 Å². The lowest BCUT2D eigenvalue weighted by Gasteiger charge is -2.08. The highest BCUT2D eigenvalue weighted by Gasteiger charge is 2.19. The van der Waals surface area contributed by atoms with Crippen LogP contribution in [0.25, 0.3) is 11.5 Å². The van der Waals surface area contributed by atoms with E-state index in [0.29, 0.717) is 5.82 Å². The second-order valence-electron chi connectivity index (χ2n) is 4.36. The van der Waals surface area contributed by atoms with Crippen molar-refractivity contribution in [3.63, 3.8) is 0 Å². The van der Waals surface area contributed by atoms with E-state index in [-0.39, 0.29) is 0 Å². The van der Waals surface area contributed by atoms with Crippen LogP contribution in [0.3, 0.4) is 0 Å². The summed E-state index contributed by atoms with van der Waals surface area (Å²) in [7, 11) is 0. The van der Waals surface area contributed by atoms with Gasteiger partial charge < -0.3 is 5.32 Å². The summed E-state index contributed by atoms with van der Waals surface area (Å²) in [6.45, 7) is 3.87. The van der Waals surface area contributed by atoms with Crippen molar-refractivity contribution >= 4 is 0 Å². The van der Waals surface area contributed by atoms with E-state index >= 15 is 0 Å². The minimum atomic E-state index is 0.689. The quantitative estimate of drug-likeness (QED) is 0.882. The van der Waals surface area contributed by atoms with Gasteiger partial charge in [-0.05, 0) is 6.42 Å². The molecule has 18 heavy (non-hydrogen) atoms. The Morgan fingerprint density at radius 2 is 2.17 bits per heavy atom. The van der Waals surface area contributed by atoms with Crippen LogP contribution in [0.1, 0.15) is 30.3 Å². The van der Waals surface area contributed by atoms with E-state index < -0.39 is 0 Å². The van der Waals surface area contributed by atoms with Crippen LogP contribution < -0.4 is 5.32 Å². The third kappa shape index (κ3) is 1.97. The lowest BCUT2D eigenvalue weighted by atomic mass is 10.1. The normalized spacial score (nSPS) is 13.6. The Labute approximate surface area is 106 Å². The number of aromatic nitrogens is 4. The Hall–Kier alpha value is -1.88. The maximum Gasteiger partial charge on any atom is 0.180 e. The van der Waals surface area contributed by atoms with Gasteiger partial charge in [-0.3, -0.25) is 4.98 Å². The molecule has 0 saturated carbocycles. The molecule has 0 saturated heterocycles. The van der Waals surface area contributed by atoms with Gasteiger partial charge in [-0.15, -0.1) is 0 Å². The van der Waals surface area contributed by atoms with Crippen LogP contribution in [0.15, 0.2) is 18.6 Å². The van der Waals surface area contributed by atoms with Gasteiger partial charge in [0.15, 0.2) is 5.82 Å². The fraction of sp³-hybridized carbons (Fsp3) is 0.385. The zero-order chi connectivity index (χ0) is 12.4. The summed E-state index contributed by atoms with van der Waals surface area (Å²) in [6, 6.07) is 0. The molecule has 92 valence electrons. The summed E-state index contributed by atoms with van der Waals surface area (Å²) in [5.41, 5.74) is 4.26. The summed E-state index contributed by atoms with van der Waals surface area (Å²) < 4.78 is 0. The Kier molecular flexibility index (Phi) is 2.98. The van der Waals surface area contributed by atoms with Crippen LogP contribution in [0.4, 0.5) is 0 Å². The summed E-state index contributed by atoms with van der Waals surface area (Å²) in [6.07, 6.45) is 7.11. The highest BCUT2D eigenvalue weighted by atomic mass is 15.0. The third-order valence-corrected chi connectivity index (χ3v) is 3.05. The van der Waals surface area contributed by atoms with Gasteiger partial charge in [0.2, 0.25) is 0 Å². The molecule has 5 nitrogen and oxygen atoms in total. The molecule has 0 atom stereocenters. The minimum absolute atomic E-state index is 0.689. The summed E-state index contributed by atoms with van der Waals surface area (Å²) >= 11 is 0. The van der Waals surface area contributed by atoms with E-state index in [4.69, 9.17) is 0 Å². The van der Waals surface area contributed by atoms with Crippen LogP contribution in [0, 0.1) is 0 Å². The smallest absolute Gasteiger partial charge is 0.180 e. The first-order valence-electron chi connectivity index (χ1n) is 6.24. The van der Waals surface area contributed by atoms with Gasteiger partial charge in [-0.2, -0.15) is 0 Å². The topological polar surface area (TPSA) is 63.6 Å². The molecule has 3 heterocycles. The fourth-order valence-electron chi connectivity index (χ4n) is 2.21. The predicted octanol–water partition coefficient (Wildman–Crippen LogP) is 1.49. The zero-order valence-corrected chi connectivity index (χ0v) is 10.3. The van der Waals surface area contributed by atoms with Crippen LogP contribution in [0.5, 0.6) is 0 Å². The van der Waals surface area contributed by atoms with Crippen LogP contribution in [-0.4, -0.2) is 19.9 Å².